The van der Waals surface area contributed by atoms with Crippen molar-refractivity contribution in [2.75, 3.05) is 19.0 Å². The van der Waals surface area contributed by atoms with Crippen molar-refractivity contribution in [3.8, 4) is 23.6 Å². The molecule has 8 heteroatoms. The van der Waals surface area contributed by atoms with E-state index in [1.54, 1.807) is 12.1 Å². The van der Waals surface area contributed by atoms with Gasteiger partial charge >= 0.3 is 0 Å². The van der Waals surface area contributed by atoms with E-state index in [4.69, 9.17) is 21.1 Å². The highest BCUT2D eigenvalue weighted by Gasteiger charge is 2.23. The predicted molar refractivity (Wildman–Crippen MR) is 117 cm³/mol. The number of carbonyl (C=O) groups excluding carboxylic acids is 1. The Labute approximate surface area is 184 Å². The first kappa shape index (κ1) is 21.7. The third-order valence-electron chi connectivity index (χ3n) is 4.72. The summed E-state index contributed by atoms with van der Waals surface area (Å²) in [6, 6.07) is 7.38. The Bertz CT molecular complexity index is 1090. The van der Waals surface area contributed by atoms with Gasteiger partial charge in [0, 0.05) is 4.88 Å². The maximum Gasteiger partial charge on any atom is 0.266 e. The van der Waals surface area contributed by atoms with Crippen molar-refractivity contribution in [2.45, 2.75) is 32.6 Å². The molecule has 1 aliphatic carbocycles. The van der Waals surface area contributed by atoms with Gasteiger partial charge in [0.05, 0.1) is 24.3 Å². The van der Waals surface area contributed by atoms with Crippen LogP contribution in [-0.2, 0) is 17.6 Å². The van der Waals surface area contributed by atoms with Crippen molar-refractivity contribution in [3.63, 3.8) is 0 Å². The fourth-order valence-electron chi connectivity index (χ4n) is 3.39. The minimum atomic E-state index is -0.572. The average molecular weight is 442 g/mol. The second-order valence-electron chi connectivity index (χ2n) is 6.62. The van der Waals surface area contributed by atoms with Crippen molar-refractivity contribution >= 4 is 39.9 Å². The average Bonchev–Trinajstić information content (AvgIpc) is 3.08. The first-order chi connectivity index (χ1) is 14.5. The highest BCUT2D eigenvalue weighted by molar-refractivity contribution is 7.16. The molecule has 0 aliphatic heterocycles. The van der Waals surface area contributed by atoms with E-state index in [1.165, 1.54) is 24.5 Å². The van der Waals surface area contributed by atoms with Crippen LogP contribution < -0.4 is 14.8 Å². The first-order valence-electron chi connectivity index (χ1n) is 9.50. The molecule has 1 amide bonds. The summed E-state index contributed by atoms with van der Waals surface area (Å²) in [6.07, 6.45) is 5.31. The van der Waals surface area contributed by atoms with Crippen LogP contribution in [0.15, 0.2) is 17.7 Å². The monoisotopic (exact) mass is 441 g/mol. The van der Waals surface area contributed by atoms with Crippen molar-refractivity contribution < 1.29 is 14.3 Å². The van der Waals surface area contributed by atoms with E-state index in [2.05, 4.69) is 11.4 Å². The number of carbonyl (C=O) groups is 1. The number of nitrogens with one attached hydrogen (secondary N) is 1. The summed E-state index contributed by atoms with van der Waals surface area (Å²) < 4.78 is 10.8. The van der Waals surface area contributed by atoms with Gasteiger partial charge in [0.1, 0.15) is 22.7 Å². The molecule has 0 radical (unpaired) electrons. The van der Waals surface area contributed by atoms with Crippen molar-refractivity contribution in [1.29, 1.82) is 10.5 Å². The Morgan fingerprint density at radius 3 is 2.77 bits per heavy atom. The smallest absolute Gasteiger partial charge is 0.266 e. The molecular weight excluding hydrogens is 422 g/mol. The quantitative estimate of drug-likeness (QED) is 0.496. The van der Waals surface area contributed by atoms with Gasteiger partial charge in [0.15, 0.2) is 11.5 Å². The summed E-state index contributed by atoms with van der Waals surface area (Å²) in [5, 5.41) is 22.6. The van der Waals surface area contributed by atoms with Gasteiger partial charge in [-0.25, -0.2) is 0 Å². The van der Waals surface area contributed by atoms with Gasteiger partial charge in [-0.1, -0.05) is 11.6 Å². The molecule has 6 nitrogen and oxygen atoms in total. The molecule has 0 atom stereocenters. The molecule has 0 unspecified atom stereocenters. The van der Waals surface area contributed by atoms with E-state index in [1.807, 2.05) is 13.0 Å². The van der Waals surface area contributed by atoms with Crippen molar-refractivity contribution in [2.24, 2.45) is 0 Å². The molecule has 0 saturated heterocycles. The lowest BCUT2D eigenvalue weighted by atomic mass is 9.96. The largest absolute Gasteiger partial charge is 0.491 e. The van der Waals surface area contributed by atoms with Gasteiger partial charge in [-0.2, -0.15) is 10.5 Å². The number of hydrogen-bond acceptors (Lipinski definition) is 6. The molecule has 30 heavy (non-hydrogen) atoms. The van der Waals surface area contributed by atoms with E-state index < -0.39 is 5.91 Å². The number of ether oxygens (including phenoxy) is 2. The summed E-state index contributed by atoms with van der Waals surface area (Å²) in [7, 11) is 1.49. The Morgan fingerprint density at radius 2 is 2.10 bits per heavy atom. The van der Waals surface area contributed by atoms with Crippen LogP contribution in [0.4, 0.5) is 5.00 Å². The summed E-state index contributed by atoms with van der Waals surface area (Å²) in [5.74, 6) is 0.244. The van der Waals surface area contributed by atoms with Crippen molar-refractivity contribution in [1.82, 2.24) is 0 Å². The summed E-state index contributed by atoms with van der Waals surface area (Å²) in [4.78, 5) is 13.9. The summed E-state index contributed by atoms with van der Waals surface area (Å²) in [5.41, 5.74) is 1.96. The molecule has 1 aromatic heterocycles. The van der Waals surface area contributed by atoms with Gasteiger partial charge in [-0.3, -0.25) is 4.79 Å². The predicted octanol–water partition coefficient (Wildman–Crippen LogP) is 5.10. The number of fused-ring (bicyclic) bond motifs is 1. The fourth-order valence-corrected chi connectivity index (χ4v) is 4.92. The number of thiophene rings is 1. The van der Waals surface area contributed by atoms with Gasteiger partial charge in [-0.15, -0.1) is 11.3 Å². The second kappa shape index (κ2) is 9.67. The Balaban J connectivity index is 1.91. The molecule has 1 N–H and O–H groups in total. The molecule has 0 fully saturated rings. The van der Waals surface area contributed by atoms with E-state index in [-0.39, 0.29) is 5.57 Å². The number of benzene rings is 1. The summed E-state index contributed by atoms with van der Waals surface area (Å²) in [6.45, 7) is 2.24. The number of aryl methyl sites for hydroxylation is 1. The zero-order valence-corrected chi connectivity index (χ0v) is 18.2. The van der Waals surface area contributed by atoms with E-state index in [9.17, 15) is 15.3 Å². The van der Waals surface area contributed by atoms with Gasteiger partial charge in [0.25, 0.3) is 5.91 Å². The van der Waals surface area contributed by atoms with Crippen molar-refractivity contribution in [3.05, 3.63) is 44.3 Å². The lowest BCUT2D eigenvalue weighted by Crippen LogP contribution is -2.13. The molecule has 1 aliphatic rings. The molecule has 2 aromatic rings. The van der Waals surface area contributed by atoms with Crippen LogP contribution in [0.25, 0.3) is 6.08 Å². The number of anilines is 1. The SMILES string of the molecule is CCOc1cc(/C=C(\C#N)C(=O)Nc2sc3c(c2C#N)CCCC3)cc(Cl)c1OC. The number of methoxy groups -OCH3 is 1. The number of nitriles is 2. The van der Waals surface area contributed by atoms with Crippen LogP contribution >= 0.6 is 22.9 Å². The Morgan fingerprint density at radius 1 is 1.33 bits per heavy atom. The lowest BCUT2D eigenvalue weighted by molar-refractivity contribution is -0.112. The van der Waals surface area contributed by atoms with Gasteiger partial charge in [-0.05, 0) is 61.9 Å². The number of halogens is 1. The third-order valence-corrected chi connectivity index (χ3v) is 6.21. The third kappa shape index (κ3) is 4.43. The molecule has 154 valence electrons. The maximum absolute atomic E-state index is 12.8. The van der Waals surface area contributed by atoms with Crippen LogP contribution in [0.5, 0.6) is 11.5 Å². The maximum atomic E-state index is 12.8. The Kier molecular flexibility index (Phi) is 6.99. The second-order valence-corrected chi connectivity index (χ2v) is 8.13. The van der Waals surface area contributed by atoms with E-state index >= 15 is 0 Å². The number of rotatable bonds is 6. The lowest BCUT2D eigenvalue weighted by Gasteiger charge is -2.12. The highest BCUT2D eigenvalue weighted by atomic mass is 35.5. The Hall–Kier alpha value is -3.00. The normalized spacial score (nSPS) is 13.0. The molecule has 0 saturated carbocycles. The van der Waals surface area contributed by atoms with Crippen LogP contribution in [0.1, 0.15) is 41.3 Å². The minimum Gasteiger partial charge on any atom is -0.491 e. The minimum absolute atomic E-state index is 0.103. The fraction of sp³-hybridized carbons (Fsp3) is 0.318. The highest BCUT2D eigenvalue weighted by Crippen LogP contribution is 2.38. The molecule has 1 aromatic carbocycles. The van der Waals surface area contributed by atoms with Gasteiger partial charge in [0.2, 0.25) is 0 Å². The molecule has 0 spiro atoms. The van der Waals surface area contributed by atoms with Crippen LogP contribution in [-0.4, -0.2) is 19.6 Å². The van der Waals surface area contributed by atoms with E-state index in [0.29, 0.717) is 39.3 Å². The van der Waals surface area contributed by atoms with Gasteiger partial charge < -0.3 is 14.8 Å². The topological polar surface area (TPSA) is 95.1 Å². The zero-order chi connectivity index (χ0) is 21.7. The summed E-state index contributed by atoms with van der Waals surface area (Å²) >= 11 is 7.67. The van der Waals surface area contributed by atoms with Crippen LogP contribution in [0, 0.1) is 22.7 Å². The first-order valence-corrected chi connectivity index (χ1v) is 10.7. The number of nitrogens with zero attached hydrogens (tertiary/aromatic N) is 2. The van der Waals surface area contributed by atoms with Crippen LogP contribution in [0.3, 0.4) is 0 Å². The van der Waals surface area contributed by atoms with Crippen LogP contribution in [0.2, 0.25) is 5.02 Å². The molecular formula is C22H20ClN3O3S. The number of hydrogen-bond donors (Lipinski definition) is 1. The van der Waals surface area contributed by atoms with E-state index in [0.717, 1.165) is 36.1 Å². The standard InChI is InChI=1S/C22H20ClN3O3S/c1-3-29-18-10-13(9-17(23)20(18)28-2)8-14(11-24)21(27)26-22-16(12-25)15-6-4-5-7-19(15)30-22/h8-10H,3-7H2,1-2H3,(H,26,27)/b14-8+. The number of amides is 1. The molecule has 1 heterocycles. The molecule has 0 bridgehead atoms. The molecule has 3 rings (SSSR count). The zero-order valence-electron chi connectivity index (χ0n) is 16.7.